The van der Waals surface area contributed by atoms with Gasteiger partial charge in [0.2, 0.25) is 0 Å². The highest BCUT2D eigenvalue weighted by Gasteiger charge is 2.15. The van der Waals surface area contributed by atoms with Crippen molar-refractivity contribution in [1.82, 2.24) is 5.32 Å². The van der Waals surface area contributed by atoms with E-state index in [0.29, 0.717) is 17.9 Å². The summed E-state index contributed by atoms with van der Waals surface area (Å²) in [5, 5.41) is 3.37. The molecule has 0 aliphatic heterocycles. The van der Waals surface area contributed by atoms with E-state index >= 15 is 0 Å². The van der Waals surface area contributed by atoms with Crippen molar-refractivity contribution in [3.63, 3.8) is 0 Å². The second-order valence-electron chi connectivity index (χ2n) is 8.95. The molecule has 1 rings (SSSR count). The van der Waals surface area contributed by atoms with Crippen LogP contribution in [0.3, 0.4) is 0 Å². The average Bonchev–Trinajstić information content (AvgIpc) is 2.78. The summed E-state index contributed by atoms with van der Waals surface area (Å²) >= 11 is 0. The molecule has 0 aliphatic carbocycles. The molecule has 0 saturated carbocycles. The lowest BCUT2D eigenvalue weighted by atomic mass is 9.83. The summed E-state index contributed by atoms with van der Waals surface area (Å²) in [5.74, 6) is 1.93. The molecule has 1 aromatic rings. The Morgan fingerprint density at radius 2 is 1.34 bits per heavy atom. The zero-order valence-electron chi connectivity index (χ0n) is 23.0. The topological polar surface area (TPSA) is 12.0 Å². The minimum atomic E-state index is 0.437. The van der Waals surface area contributed by atoms with Crippen molar-refractivity contribution in [1.29, 1.82) is 0 Å². The molecule has 0 heterocycles. The van der Waals surface area contributed by atoms with Crippen LogP contribution >= 0.6 is 0 Å². The van der Waals surface area contributed by atoms with E-state index in [2.05, 4.69) is 137 Å². The molecule has 182 valence electrons. The Balaban J connectivity index is -0.000000469. The standard InChI is InChI=1S/C16H24.C11H21N.2C2H4/c1-12(2)11-16(14(5)13(3)4)15-9-7-6-8-10-15;1-7-10(6)11(8(2)3)12-9(4)5;2*1-2/h6-10,12,16H,11H2,1-5H3;7-8,11-12H,4H2,1-3,5-6H3;2*1-2H2/b;10-7+;;. The van der Waals surface area contributed by atoms with Crippen molar-refractivity contribution >= 4 is 0 Å². The molecule has 1 N–H and O–H groups in total. The van der Waals surface area contributed by atoms with E-state index in [1.807, 2.05) is 6.92 Å². The number of hydrogen-bond acceptors (Lipinski definition) is 1. The molecule has 1 nitrogen and oxygen atoms in total. The molecular formula is C31H53N. The number of nitrogens with one attached hydrogen (secondary N) is 1. The maximum Gasteiger partial charge on any atom is 0.0490 e. The van der Waals surface area contributed by atoms with Crippen LogP contribution in [0.5, 0.6) is 0 Å². The van der Waals surface area contributed by atoms with Gasteiger partial charge in [0.15, 0.2) is 0 Å². The van der Waals surface area contributed by atoms with E-state index < -0.39 is 0 Å². The third-order valence-electron chi connectivity index (χ3n) is 5.23. The first-order valence-corrected chi connectivity index (χ1v) is 11.7. The van der Waals surface area contributed by atoms with Crippen molar-refractivity contribution in [3.05, 3.63) is 97.3 Å². The number of rotatable bonds is 8. The Morgan fingerprint density at radius 3 is 1.66 bits per heavy atom. The lowest BCUT2D eigenvalue weighted by molar-refractivity contribution is 0.481. The molecule has 1 heteroatoms. The van der Waals surface area contributed by atoms with E-state index in [4.69, 9.17) is 0 Å². The molecule has 0 amide bonds. The third-order valence-corrected chi connectivity index (χ3v) is 5.23. The van der Waals surface area contributed by atoms with Crippen molar-refractivity contribution in [2.45, 2.75) is 87.6 Å². The molecule has 2 unspecified atom stereocenters. The van der Waals surface area contributed by atoms with Gasteiger partial charge in [-0.2, -0.15) is 0 Å². The van der Waals surface area contributed by atoms with Crippen LogP contribution in [0.2, 0.25) is 0 Å². The predicted octanol–water partition coefficient (Wildman–Crippen LogP) is 9.88. The van der Waals surface area contributed by atoms with Gasteiger partial charge in [0.05, 0.1) is 0 Å². The van der Waals surface area contributed by atoms with Gasteiger partial charge in [-0.1, -0.05) is 87.4 Å². The van der Waals surface area contributed by atoms with Crippen molar-refractivity contribution in [3.8, 4) is 0 Å². The van der Waals surface area contributed by atoms with Crippen LogP contribution in [-0.4, -0.2) is 6.04 Å². The van der Waals surface area contributed by atoms with Crippen LogP contribution < -0.4 is 5.32 Å². The van der Waals surface area contributed by atoms with E-state index in [0.717, 1.165) is 11.6 Å². The van der Waals surface area contributed by atoms with Crippen molar-refractivity contribution in [2.24, 2.45) is 11.8 Å². The molecule has 1 aromatic carbocycles. The van der Waals surface area contributed by atoms with Crippen LogP contribution in [0.25, 0.3) is 0 Å². The minimum Gasteiger partial charge on any atom is -0.382 e. The summed E-state index contributed by atoms with van der Waals surface area (Å²) in [6, 6.07) is 11.3. The van der Waals surface area contributed by atoms with Gasteiger partial charge >= 0.3 is 0 Å². The Labute approximate surface area is 202 Å². The average molecular weight is 440 g/mol. The highest BCUT2D eigenvalue weighted by Crippen LogP contribution is 2.32. The summed E-state index contributed by atoms with van der Waals surface area (Å²) in [7, 11) is 0. The molecule has 0 bridgehead atoms. The highest BCUT2D eigenvalue weighted by molar-refractivity contribution is 5.30. The Hall–Kier alpha value is -2.28. The molecule has 0 aromatic heterocycles. The first kappa shape index (κ1) is 34.3. The summed E-state index contributed by atoms with van der Waals surface area (Å²) in [6.45, 7) is 37.8. The van der Waals surface area contributed by atoms with Gasteiger partial charge < -0.3 is 5.32 Å². The second kappa shape index (κ2) is 20.6. The molecule has 32 heavy (non-hydrogen) atoms. The maximum atomic E-state index is 3.86. The largest absolute Gasteiger partial charge is 0.382 e. The zero-order valence-corrected chi connectivity index (χ0v) is 23.0. The minimum absolute atomic E-state index is 0.437. The summed E-state index contributed by atoms with van der Waals surface area (Å²) in [5.41, 5.74) is 6.85. The van der Waals surface area contributed by atoms with Gasteiger partial charge in [0.25, 0.3) is 0 Å². The normalized spacial score (nSPS) is 12.1. The lowest BCUT2D eigenvalue weighted by Crippen LogP contribution is -2.33. The second-order valence-corrected chi connectivity index (χ2v) is 8.95. The van der Waals surface area contributed by atoms with Crippen LogP contribution in [-0.2, 0) is 0 Å². The van der Waals surface area contributed by atoms with E-state index in [1.54, 1.807) is 0 Å². The molecule has 0 saturated heterocycles. The van der Waals surface area contributed by atoms with Crippen LogP contribution in [0.4, 0.5) is 0 Å². The predicted molar refractivity (Wildman–Crippen MR) is 151 cm³/mol. The number of benzene rings is 1. The fraction of sp³-hybridized carbons (Fsp3) is 0.484. The Morgan fingerprint density at radius 1 is 0.875 bits per heavy atom. The summed E-state index contributed by atoms with van der Waals surface area (Å²) in [6.07, 6.45) is 3.39. The van der Waals surface area contributed by atoms with Crippen LogP contribution in [0, 0.1) is 11.8 Å². The monoisotopic (exact) mass is 439 g/mol. The van der Waals surface area contributed by atoms with E-state index in [-0.39, 0.29) is 0 Å². The fourth-order valence-corrected chi connectivity index (χ4v) is 3.32. The fourth-order valence-electron chi connectivity index (χ4n) is 3.32. The summed E-state index contributed by atoms with van der Waals surface area (Å²) < 4.78 is 0. The number of hydrogen-bond donors (Lipinski definition) is 1. The van der Waals surface area contributed by atoms with Gasteiger partial charge in [0, 0.05) is 17.7 Å². The molecule has 0 spiro atoms. The smallest absolute Gasteiger partial charge is 0.0490 e. The van der Waals surface area contributed by atoms with Crippen LogP contribution in [0.1, 0.15) is 87.1 Å². The molecule has 0 aliphatic rings. The van der Waals surface area contributed by atoms with Gasteiger partial charge in [-0.15, -0.1) is 26.3 Å². The van der Waals surface area contributed by atoms with E-state index in [1.165, 1.54) is 28.7 Å². The number of allylic oxidation sites excluding steroid dienone is 4. The van der Waals surface area contributed by atoms with Crippen LogP contribution in [0.15, 0.2) is 91.7 Å². The summed E-state index contributed by atoms with van der Waals surface area (Å²) in [4.78, 5) is 0. The first-order valence-electron chi connectivity index (χ1n) is 11.7. The first-order chi connectivity index (χ1) is 15.0. The van der Waals surface area contributed by atoms with Gasteiger partial charge in [-0.05, 0) is 65.4 Å². The molecule has 0 radical (unpaired) electrons. The maximum absolute atomic E-state index is 3.86. The van der Waals surface area contributed by atoms with E-state index in [9.17, 15) is 0 Å². The zero-order chi connectivity index (χ0) is 25.9. The highest BCUT2D eigenvalue weighted by atomic mass is 14.9. The molecular weight excluding hydrogens is 386 g/mol. The Bertz CT molecular complexity index is 655. The quantitative estimate of drug-likeness (QED) is 0.397. The van der Waals surface area contributed by atoms with Gasteiger partial charge in [0.1, 0.15) is 0 Å². The Kier molecular flexibility index (Phi) is 22.1. The van der Waals surface area contributed by atoms with Crippen molar-refractivity contribution in [2.75, 3.05) is 0 Å². The SMILES string of the molecule is C=C.C=C.C=C(C)NC(/C(C)=C/C)C(C)C.CC(C)=C(C)C(CC(C)C)c1ccccc1. The molecule has 0 fully saturated rings. The van der Waals surface area contributed by atoms with Crippen molar-refractivity contribution < 1.29 is 0 Å². The van der Waals surface area contributed by atoms with Gasteiger partial charge in [-0.3, -0.25) is 0 Å². The third kappa shape index (κ3) is 15.5. The van der Waals surface area contributed by atoms with Gasteiger partial charge in [-0.25, -0.2) is 0 Å². The lowest BCUT2D eigenvalue weighted by Gasteiger charge is -2.24. The molecule has 2 atom stereocenters.